The number of amides is 3. The highest BCUT2D eigenvalue weighted by Gasteiger charge is 2.41. The van der Waals surface area contributed by atoms with E-state index in [-0.39, 0.29) is 29.9 Å². The topological polar surface area (TPSA) is 82.2 Å². The first-order chi connectivity index (χ1) is 18.4. The van der Waals surface area contributed by atoms with E-state index in [0.717, 1.165) is 49.9 Å². The van der Waals surface area contributed by atoms with Gasteiger partial charge in [0.05, 0.1) is 0 Å². The summed E-state index contributed by atoms with van der Waals surface area (Å²) in [4.78, 5) is 44.1. The Morgan fingerprint density at radius 1 is 1.08 bits per heavy atom. The van der Waals surface area contributed by atoms with Gasteiger partial charge in [0.25, 0.3) is 0 Å². The normalized spacial score (nSPS) is 23.9. The third-order valence-electron chi connectivity index (χ3n) is 8.43. The van der Waals surface area contributed by atoms with Crippen LogP contribution in [0.15, 0.2) is 18.2 Å². The Balaban J connectivity index is 1.36. The standard InChI is InChI=1S/C30H45ClN4O4/c1-20-7-8-26(19-27(20)31)35(28(37)22-11-15-33(16-12-22)21(2)36)14-6-13-34-24-9-10-25(34)18-23(17-24)32-29(38)39-30(3,4)5/h7-8,19,22-25H,6,9-18H2,1-5H3,(H,32,38). The first-order valence-electron chi connectivity index (χ1n) is 14.5. The summed E-state index contributed by atoms with van der Waals surface area (Å²) >= 11 is 6.46. The quantitative estimate of drug-likeness (QED) is 0.499. The molecule has 3 saturated heterocycles. The molecule has 1 aromatic rings. The first-order valence-corrected chi connectivity index (χ1v) is 14.9. The molecule has 3 amide bonds. The predicted molar refractivity (Wildman–Crippen MR) is 154 cm³/mol. The Bertz CT molecular complexity index is 1040. The fourth-order valence-corrected chi connectivity index (χ4v) is 6.60. The van der Waals surface area contributed by atoms with Gasteiger partial charge < -0.3 is 19.9 Å². The molecule has 0 saturated carbocycles. The predicted octanol–water partition coefficient (Wildman–Crippen LogP) is 5.15. The fraction of sp³-hybridized carbons (Fsp3) is 0.700. The molecule has 3 fully saturated rings. The molecule has 1 N–H and O–H groups in total. The summed E-state index contributed by atoms with van der Waals surface area (Å²) in [6.07, 6.45) is 6.06. The molecule has 0 radical (unpaired) electrons. The molecule has 0 spiro atoms. The molecular weight excluding hydrogens is 516 g/mol. The van der Waals surface area contributed by atoms with Gasteiger partial charge in [0.15, 0.2) is 0 Å². The number of hydrogen-bond acceptors (Lipinski definition) is 5. The SMILES string of the molecule is CC(=O)N1CCC(C(=O)N(CCCN2C3CCC2CC(NC(=O)OC(C)(C)C)C3)c2ccc(C)c(Cl)c2)CC1. The third kappa shape index (κ3) is 7.66. The lowest BCUT2D eigenvalue weighted by molar-refractivity contribution is -0.133. The van der Waals surface area contributed by atoms with Crippen LogP contribution >= 0.6 is 11.6 Å². The molecule has 3 aliphatic rings. The average molecular weight is 561 g/mol. The second-order valence-electron chi connectivity index (χ2n) is 12.5. The first kappa shape index (κ1) is 29.7. The molecule has 9 heteroatoms. The Morgan fingerprint density at radius 2 is 1.72 bits per heavy atom. The molecule has 0 aromatic heterocycles. The number of carbonyl (C=O) groups excluding carboxylic acids is 3. The van der Waals surface area contributed by atoms with Crippen molar-refractivity contribution in [2.24, 2.45) is 5.92 Å². The number of alkyl carbamates (subject to hydrolysis) is 1. The molecule has 3 aliphatic heterocycles. The molecule has 1 aromatic carbocycles. The van der Waals surface area contributed by atoms with Crippen molar-refractivity contribution in [1.29, 1.82) is 0 Å². The number of hydrogen-bond donors (Lipinski definition) is 1. The number of ether oxygens (including phenoxy) is 1. The van der Waals surface area contributed by atoms with Crippen LogP contribution in [-0.4, -0.2) is 77.6 Å². The van der Waals surface area contributed by atoms with E-state index in [1.54, 1.807) is 6.92 Å². The van der Waals surface area contributed by atoms with Gasteiger partial charge in [0, 0.05) is 67.9 Å². The van der Waals surface area contributed by atoms with Crippen LogP contribution in [-0.2, 0) is 14.3 Å². The van der Waals surface area contributed by atoms with Crippen molar-refractivity contribution in [3.8, 4) is 0 Å². The van der Waals surface area contributed by atoms with Crippen LogP contribution in [0.25, 0.3) is 0 Å². The van der Waals surface area contributed by atoms with Gasteiger partial charge in [-0.1, -0.05) is 17.7 Å². The number of halogens is 1. The van der Waals surface area contributed by atoms with Gasteiger partial charge in [-0.05, 0) is 90.3 Å². The minimum Gasteiger partial charge on any atom is -0.444 e. The number of aryl methyl sites for hydroxylation is 1. The lowest BCUT2D eigenvalue weighted by Crippen LogP contribution is -2.51. The van der Waals surface area contributed by atoms with E-state index in [1.807, 2.05) is 55.7 Å². The van der Waals surface area contributed by atoms with E-state index in [2.05, 4.69) is 10.2 Å². The Hall–Kier alpha value is -2.32. The summed E-state index contributed by atoms with van der Waals surface area (Å²) in [5, 5.41) is 3.75. The molecule has 2 bridgehead atoms. The summed E-state index contributed by atoms with van der Waals surface area (Å²) in [6.45, 7) is 12.0. The average Bonchev–Trinajstić information content (AvgIpc) is 3.09. The van der Waals surface area contributed by atoms with Crippen LogP contribution in [0.3, 0.4) is 0 Å². The number of fused-ring (bicyclic) bond motifs is 2. The molecule has 8 nitrogen and oxygen atoms in total. The number of benzene rings is 1. The van der Waals surface area contributed by atoms with E-state index >= 15 is 0 Å². The van der Waals surface area contributed by atoms with Gasteiger partial charge in [-0.25, -0.2) is 4.79 Å². The maximum Gasteiger partial charge on any atom is 0.407 e. The van der Waals surface area contributed by atoms with Crippen molar-refractivity contribution in [3.63, 3.8) is 0 Å². The van der Waals surface area contributed by atoms with E-state index in [4.69, 9.17) is 16.3 Å². The van der Waals surface area contributed by atoms with Crippen LogP contribution < -0.4 is 10.2 Å². The molecule has 3 heterocycles. The zero-order valence-corrected chi connectivity index (χ0v) is 24.9. The number of carbonyl (C=O) groups is 3. The van der Waals surface area contributed by atoms with Crippen LogP contribution in [0.5, 0.6) is 0 Å². The second kappa shape index (κ2) is 12.5. The number of piperidine rings is 2. The van der Waals surface area contributed by atoms with Gasteiger partial charge >= 0.3 is 6.09 Å². The van der Waals surface area contributed by atoms with Crippen LogP contribution in [0, 0.1) is 12.8 Å². The van der Waals surface area contributed by atoms with E-state index in [0.29, 0.717) is 49.6 Å². The maximum absolute atomic E-state index is 13.8. The summed E-state index contributed by atoms with van der Waals surface area (Å²) < 4.78 is 5.47. The molecule has 2 atom stereocenters. The Morgan fingerprint density at radius 3 is 2.28 bits per heavy atom. The molecule has 39 heavy (non-hydrogen) atoms. The zero-order chi connectivity index (χ0) is 28.3. The van der Waals surface area contributed by atoms with Crippen molar-refractivity contribution >= 4 is 35.2 Å². The number of likely N-dealkylation sites (tertiary alicyclic amines) is 1. The summed E-state index contributed by atoms with van der Waals surface area (Å²) in [5.41, 5.74) is 1.33. The van der Waals surface area contributed by atoms with Crippen LogP contribution in [0.4, 0.5) is 10.5 Å². The molecule has 2 unspecified atom stereocenters. The summed E-state index contributed by atoms with van der Waals surface area (Å²) in [6, 6.07) is 6.88. The van der Waals surface area contributed by atoms with Crippen molar-refractivity contribution in [2.75, 3.05) is 31.1 Å². The van der Waals surface area contributed by atoms with Crippen molar-refractivity contribution in [1.82, 2.24) is 15.1 Å². The fourth-order valence-electron chi connectivity index (χ4n) is 6.42. The van der Waals surface area contributed by atoms with Gasteiger partial charge in [-0.15, -0.1) is 0 Å². The lowest BCUT2D eigenvalue weighted by atomic mass is 9.94. The minimum absolute atomic E-state index is 0.0720. The Kier molecular flexibility index (Phi) is 9.48. The van der Waals surface area contributed by atoms with E-state index in [9.17, 15) is 14.4 Å². The smallest absolute Gasteiger partial charge is 0.407 e. The zero-order valence-electron chi connectivity index (χ0n) is 24.2. The third-order valence-corrected chi connectivity index (χ3v) is 8.83. The largest absolute Gasteiger partial charge is 0.444 e. The van der Waals surface area contributed by atoms with Crippen molar-refractivity contribution in [3.05, 3.63) is 28.8 Å². The highest BCUT2D eigenvalue weighted by molar-refractivity contribution is 6.31. The highest BCUT2D eigenvalue weighted by Crippen LogP contribution is 2.36. The minimum atomic E-state index is -0.501. The number of rotatable bonds is 7. The molecular formula is C30H45ClN4O4. The lowest BCUT2D eigenvalue weighted by Gasteiger charge is -2.40. The van der Waals surface area contributed by atoms with Gasteiger partial charge in [0.1, 0.15) is 5.60 Å². The van der Waals surface area contributed by atoms with E-state index < -0.39 is 5.60 Å². The van der Waals surface area contributed by atoms with Crippen LogP contribution in [0.1, 0.15) is 78.2 Å². The molecule has 4 rings (SSSR count). The van der Waals surface area contributed by atoms with Crippen molar-refractivity contribution < 1.29 is 19.1 Å². The monoisotopic (exact) mass is 560 g/mol. The molecule has 216 valence electrons. The van der Waals surface area contributed by atoms with Crippen molar-refractivity contribution in [2.45, 2.75) is 103 Å². The second-order valence-corrected chi connectivity index (χ2v) is 12.9. The highest BCUT2D eigenvalue weighted by atomic mass is 35.5. The maximum atomic E-state index is 13.8. The number of anilines is 1. The summed E-state index contributed by atoms with van der Waals surface area (Å²) in [7, 11) is 0. The van der Waals surface area contributed by atoms with Crippen LogP contribution in [0.2, 0.25) is 5.02 Å². The van der Waals surface area contributed by atoms with Gasteiger partial charge in [0.2, 0.25) is 11.8 Å². The molecule has 0 aliphatic carbocycles. The van der Waals surface area contributed by atoms with Gasteiger partial charge in [-0.3, -0.25) is 14.5 Å². The number of nitrogens with one attached hydrogen (secondary N) is 1. The Labute approximate surface area is 238 Å². The van der Waals surface area contributed by atoms with E-state index in [1.165, 1.54) is 0 Å². The number of nitrogens with zero attached hydrogens (tertiary/aromatic N) is 3. The summed E-state index contributed by atoms with van der Waals surface area (Å²) in [5.74, 6) is 0.107. The van der Waals surface area contributed by atoms with Gasteiger partial charge in [-0.2, -0.15) is 0 Å².